The molecule has 1 rings (SSSR count). The Hall–Kier alpha value is -1.03. The summed E-state index contributed by atoms with van der Waals surface area (Å²) in [5, 5.41) is 0. The molecule has 0 aromatic heterocycles. The zero-order valence-corrected chi connectivity index (χ0v) is 10.1. The number of benzene rings is 1. The second-order valence-corrected chi connectivity index (χ2v) is 7.36. The van der Waals surface area contributed by atoms with Crippen LogP contribution in [0.5, 0.6) is 0 Å². The lowest BCUT2D eigenvalue weighted by atomic mass is 10.2. The molecule has 0 heterocycles. The molecule has 0 atom stereocenters. The summed E-state index contributed by atoms with van der Waals surface area (Å²) in [6, 6.07) is 6.93. The molecule has 0 aliphatic carbocycles. The monoisotopic (exact) mass is 227 g/mol. The first-order valence-corrected chi connectivity index (χ1v) is 6.44. The fraction of sp³-hybridized carbons (Fsp3) is 0.455. The molecule has 0 saturated heterocycles. The van der Waals surface area contributed by atoms with Gasteiger partial charge in [0, 0.05) is 5.69 Å². The van der Waals surface area contributed by atoms with Crippen LogP contribution in [0.3, 0.4) is 0 Å². The maximum atomic E-state index is 11.9. The van der Waals surface area contributed by atoms with Crippen molar-refractivity contribution in [2.45, 2.75) is 31.3 Å². The molecule has 1 aromatic carbocycles. The fourth-order valence-electron chi connectivity index (χ4n) is 1.05. The molecule has 0 radical (unpaired) electrons. The first-order valence-electron chi connectivity index (χ1n) is 4.79. The van der Waals surface area contributed by atoms with E-state index >= 15 is 0 Å². The maximum Gasteiger partial charge on any atom is 0.159 e. The molecule has 3 nitrogen and oxygen atoms in total. The molecule has 1 aromatic rings. The second kappa shape index (κ2) is 3.85. The third-order valence-corrected chi connectivity index (χ3v) is 4.85. The summed E-state index contributed by atoms with van der Waals surface area (Å²) in [7, 11) is -3.10. The van der Waals surface area contributed by atoms with Crippen molar-refractivity contribution in [2.24, 2.45) is 0 Å². The van der Waals surface area contributed by atoms with Crippen LogP contribution < -0.4 is 5.73 Å². The minimum atomic E-state index is -3.10. The van der Waals surface area contributed by atoms with Crippen LogP contribution in [-0.2, 0) is 15.6 Å². The maximum absolute atomic E-state index is 11.9. The Labute approximate surface area is 91.2 Å². The van der Waals surface area contributed by atoms with Crippen LogP contribution in [0.25, 0.3) is 0 Å². The summed E-state index contributed by atoms with van der Waals surface area (Å²) in [5.74, 6) is 0.0662. The molecule has 0 aliphatic heterocycles. The van der Waals surface area contributed by atoms with Gasteiger partial charge in [-0.25, -0.2) is 8.42 Å². The average Bonchev–Trinajstić information content (AvgIpc) is 2.06. The number of hydrogen-bond donors (Lipinski definition) is 1. The molecule has 0 spiro atoms. The summed E-state index contributed by atoms with van der Waals surface area (Å²) >= 11 is 0. The highest BCUT2D eigenvalue weighted by Crippen LogP contribution is 2.20. The van der Waals surface area contributed by atoms with Crippen LogP contribution >= 0.6 is 0 Å². The van der Waals surface area contributed by atoms with E-state index in [1.54, 1.807) is 45.0 Å². The Balaban J connectivity index is 2.93. The van der Waals surface area contributed by atoms with Crippen LogP contribution in [0.15, 0.2) is 24.3 Å². The predicted octanol–water partition coefficient (Wildman–Crippen LogP) is 1.98. The predicted molar refractivity (Wildman–Crippen MR) is 63.2 cm³/mol. The highest BCUT2D eigenvalue weighted by Gasteiger charge is 2.28. The number of hydrogen-bond acceptors (Lipinski definition) is 3. The van der Waals surface area contributed by atoms with Crippen LogP contribution in [0.1, 0.15) is 26.3 Å². The van der Waals surface area contributed by atoms with Crippen LogP contribution in [-0.4, -0.2) is 13.2 Å². The van der Waals surface area contributed by atoms with E-state index in [2.05, 4.69) is 0 Å². The molecular formula is C11H17NO2S. The van der Waals surface area contributed by atoms with Crippen LogP contribution in [0.2, 0.25) is 0 Å². The van der Waals surface area contributed by atoms with Crippen LogP contribution in [0.4, 0.5) is 5.69 Å². The normalized spacial score (nSPS) is 12.7. The van der Waals surface area contributed by atoms with Gasteiger partial charge in [-0.1, -0.05) is 12.1 Å². The van der Waals surface area contributed by atoms with Gasteiger partial charge in [0.1, 0.15) is 0 Å². The summed E-state index contributed by atoms with van der Waals surface area (Å²) < 4.78 is 23.0. The number of rotatable bonds is 2. The van der Waals surface area contributed by atoms with E-state index in [4.69, 9.17) is 5.73 Å². The van der Waals surface area contributed by atoms with Gasteiger partial charge in [0.05, 0.1) is 10.5 Å². The molecule has 0 aliphatic rings. The van der Waals surface area contributed by atoms with E-state index in [1.165, 1.54) is 0 Å². The molecule has 0 fully saturated rings. The second-order valence-electron chi connectivity index (χ2n) is 4.61. The van der Waals surface area contributed by atoms with E-state index < -0.39 is 14.6 Å². The highest BCUT2D eigenvalue weighted by atomic mass is 32.2. The fourth-order valence-corrected chi connectivity index (χ4v) is 2.11. The standard InChI is InChI=1S/C11H17NO2S/c1-11(2,3)15(13,14)8-9-4-6-10(12)7-5-9/h4-7H,8,12H2,1-3H3. The first-order chi connectivity index (χ1) is 6.72. The Bertz CT molecular complexity index is 427. The molecular weight excluding hydrogens is 210 g/mol. The van der Waals surface area contributed by atoms with Crippen molar-refractivity contribution in [3.63, 3.8) is 0 Å². The van der Waals surface area contributed by atoms with Gasteiger partial charge in [-0.15, -0.1) is 0 Å². The smallest absolute Gasteiger partial charge is 0.159 e. The Morgan fingerprint density at radius 1 is 1.13 bits per heavy atom. The Morgan fingerprint density at radius 2 is 1.60 bits per heavy atom. The highest BCUT2D eigenvalue weighted by molar-refractivity contribution is 7.91. The Kier molecular flexibility index (Phi) is 3.09. The van der Waals surface area contributed by atoms with Crippen LogP contribution in [0, 0.1) is 0 Å². The summed E-state index contributed by atoms with van der Waals surface area (Å²) in [6.45, 7) is 5.12. The lowest BCUT2D eigenvalue weighted by molar-refractivity contribution is 0.559. The van der Waals surface area contributed by atoms with Gasteiger partial charge in [0.15, 0.2) is 9.84 Å². The van der Waals surface area contributed by atoms with Crippen molar-refractivity contribution in [1.29, 1.82) is 0 Å². The van der Waals surface area contributed by atoms with Gasteiger partial charge in [0.2, 0.25) is 0 Å². The van der Waals surface area contributed by atoms with E-state index in [0.717, 1.165) is 5.56 Å². The molecule has 0 amide bonds. The third kappa shape index (κ3) is 2.96. The first kappa shape index (κ1) is 12.0. The van der Waals surface area contributed by atoms with Crippen molar-refractivity contribution in [3.05, 3.63) is 29.8 Å². The van der Waals surface area contributed by atoms with E-state index in [-0.39, 0.29) is 5.75 Å². The number of anilines is 1. The van der Waals surface area contributed by atoms with E-state index in [1.807, 2.05) is 0 Å². The third-order valence-electron chi connectivity index (χ3n) is 2.27. The van der Waals surface area contributed by atoms with E-state index in [9.17, 15) is 8.42 Å². The number of nitrogens with two attached hydrogens (primary N) is 1. The van der Waals surface area contributed by atoms with Crippen molar-refractivity contribution < 1.29 is 8.42 Å². The minimum Gasteiger partial charge on any atom is -0.399 e. The molecule has 15 heavy (non-hydrogen) atoms. The molecule has 4 heteroatoms. The van der Waals surface area contributed by atoms with Crippen molar-refractivity contribution >= 4 is 15.5 Å². The zero-order valence-electron chi connectivity index (χ0n) is 9.32. The number of nitrogen functional groups attached to an aromatic ring is 1. The van der Waals surface area contributed by atoms with Gasteiger partial charge >= 0.3 is 0 Å². The largest absolute Gasteiger partial charge is 0.399 e. The quantitative estimate of drug-likeness (QED) is 0.786. The lowest BCUT2D eigenvalue weighted by Gasteiger charge is -2.19. The molecule has 0 bridgehead atoms. The molecule has 2 N–H and O–H groups in total. The van der Waals surface area contributed by atoms with Gasteiger partial charge in [-0.2, -0.15) is 0 Å². The molecule has 84 valence electrons. The summed E-state index contributed by atoms with van der Waals surface area (Å²) in [5.41, 5.74) is 6.95. The molecule has 0 unspecified atom stereocenters. The van der Waals surface area contributed by atoms with Gasteiger partial charge in [-0.05, 0) is 38.5 Å². The van der Waals surface area contributed by atoms with Gasteiger partial charge in [0.25, 0.3) is 0 Å². The van der Waals surface area contributed by atoms with Gasteiger partial charge < -0.3 is 5.73 Å². The van der Waals surface area contributed by atoms with Gasteiger partial charge in [-0.3, -0.25) is 0 Å². The Morgan fingerprint density at radius 3 is 2.00 bits per heavy atom. The van der Waals surface area contributed by atoms with Crippen molar-refractivity contribution in [3.8, 4) is 0 Å². The minimum absolute atomic E-state index is 0.0662. The average molecular weight is 227 g/mol. The van der Waals surface area contributed by atoms with E-state index in [0.29, 0.717) is 5.69 Å². The lowest BCUT2D eigenvalue weighted by Crippen LogP contribution is -2.29. The summed E-state index contributed by atoms with van der Waals surface area (Å²) in [4.78, 5) is 0. The zero-order chi connectivity index (χ0) is 11.7. The molecule has 0 saturated carbocycles. The summed E-state index contributed by atoms with van der Waals surface area (Å²) in [6.07, 6.45) is 0. The van der Waals surface area contributed by atoms with Crippen molar-refractivity contribution in [2.75, 3.05) is 5.73 Å². The SMILES string of the molecule is CC(C)(C)S(=O)(=O)Cc1ccc(N)cc1. The van der Waals surface area contributed by atoms with Crippen molar-refractivity contribution in [1.82, 2.24) is 0 Å². The number of sulfone groups is 1. The topological polar surface area (TPSA) is 60.2 Å².